The molecule has 0 bridgehead atoms. The zero-order valence-corrected chi connectivity index (χ0v) is 12.4. The van der Waals surface area contributed by atoms with Crippen LogP contribution in [0.2, 0.25) is 0 Å². The molecule has 1 unspecified atom stereocenters. The number of ether oxygens (including phenoxy) is 1. The molecule has 0 heterocycles. The van der Waals surface area contributed by atoms with Crippen molar-refractivity contribution in [3.8, 4) is 0 Å². The zero-order valence-electron chi connectivity index (χ0n) is 12.4. The lowest BCUT2D eigenvalue weighted by Gasteiger charge is -2.27. The van der Waals surface area contributed by atoms with Gasteiger partial charge in [0.05, 0.1) is 0 Å². The standard InChI is InChI=1S/C14H24N2O3/c1-14(2,3)19-13(18)15-11-6-7-12(17)10(8-11)9-16(4)5/h9,11H,6-8H2,1-5H3,(H,15,18)/b10-9+. The SMILES string of the molecule is CN(C)/C=C1\CC(NC(=O)OC(C)(C)C)CCC1=O. The summed E-state index contributed by atoms with van der Waals surface area (Å²) in [7, 11) is 3.76. The number of Topliss-reactive ketones (excluding diaryl/α,β-unsaturated/α-hetero) is 1. The normalized spacial score (nSPS) is 22.3. The average Bonchev–Trinajstić information content (AvgIpc) is 2.19. The first-order valence-corrected chi connectivity index (χ1v) is 6.57. The van der Waals surface area contributed by atoms with Gasteiger partial charge in [-0.2, -0.15) is 0 Å². The maximum atomic E-state index is 11.8. The summed E-state index contributed by atoms with van der Waals surface area (Å²) in [5.41, 5.74) is 0.258. The van der Waals surface area contributed by atoms with Crippen LogP contribution < -0.4 is 5.32 Å². The molecule has 5 nitrogen and oxygen atoms in total. The number of amides is 1. The Morgan fingerprint density at radius 2 is 2.05 bits per heavy atom. The van der Waals surface area contributed by atoms with E-state index in [0.29, 0.717) is 19.3 Å². The third-order valence-corrected chi connectivity index (χ3v) is 2.68. The van der Waals surface area contributed by atoms with Crippen LogP contribution >= 0.6 is 0 Å². The molecule has 0 radical (unpaired) electrons. The summed E-state index contributed by atoms with van der Waals surface area (Å²) < 4.78 is 5.22. The van der Waals surface area contributed by atoms with Crippen LogP contribution in [0.15, 0.2) is 11.8 Å². The van der Waals surface area contributed by atoms with E-state index >= 15 is 0 Å². The van der Waals surface area contributed by atoms with Crippen molar-refractivity contribution in [2.45, 2.75) is 51.7 Å². The molecule has 19 heavy (non-hydrogen) atoms. The van der Waals surface area contributed by atoms with Crippen LogP contribution in [0, 0.1) is 0 Å². The number of carbonyl (C=O) groups is 2. The van der Waals surface area contributed by atoms with Gasteiger partial charge in [0.25, 0.3) is 0 Å². The Balaban J connectivity index is 2.57. The van der Waals surface area contributed by atoms with Crippen molar-refractivity contribution in [1.82, 2.24) is 10.2 Å². The van der Waals surface area contributed by atoms with E-state index in [4.69, 9.17) is 4.74 Å². The second-order valence-corrected chi connectivity index (χ2v) is 6.13. The van der Waals surface area contributed by atoms with Crippen molar-refractivity contribution in [1.29, 1.82) is 0 Å². The molecule has 0 aliphatic heterocycles. The van der Waals surface area contributed by atoms with Gasteiger partial charge in [-0.25, -0.2) is 4.79 Å². The van der Waals surface area contributed by atoms with Gasteiger partial charge in [-0.3, -0.25) is 4.79 Å². The number of ketones is 1. The summed E-state index contributed by atoms with van der Waals surface area (Å²) in [5, 5.41) is 2.83. The van der Waals surface area contributed by atoms with E-state index < -0.39 is 11.7 Å². The molecule has 1 rings (SSSR count). The summed E-state index contributed by atoms with van der Waals surface area (Å²) in [6.07, 6.45) is 3.11. The van der Waals surface area contributed by atoms with Gasteiger partial charge in [0.2, 0.25) is 0 Å². The Labute approximate surface area is 115 Å². The summed E-state index contributed by atoms with van der Waals surface area (Å²) in [6.45, 7) is 5.48. The highest BCUT2D eigenvalue weighted by Crippen LogP contribution is 2.21. The van der Waals surface area contributed by atoms with Crippen LogP contribution in [0.4, 0.5) is 4.79 Å². The lowest BCUT2D eigenvalue weighted by molar-refractivity contribution is -0.116. The Morgan fingerprint density at radius 1 is 1.42 bits per heavy atom. The molecule has 1 aliphatic carbocycles. The van der Waals surface area contributed by atoms with E-state index in [1.165, 1.54) is 0 Å². The first-order chi connectivity index (χ1) is 8.67. The third kappa shape index (κ3) is 5.77. The Bertz CT molecular complexity index is 381. The summed E-state index contributed by atoms with van der Waals surface area (Å²) in [5.74, 6) is 0.163. The molecule has 1 amide bonds. The second kappa shape index (κ2) is 6.08. The van der Waals surface area contributed by atoms with E-state index in [1.807, 2.05) is 46.0 Å². The molecule has 5 heteroatoms. The van der Waals surface area contributed by atoms with Crippen molar-refractivity contribution >= 4 is 11.9 Å². The first kappa shape index (κ1) is 15.5. The van der Waals surface area contributed by atoms with Crippen LogP contribution in [0.25, 0.3) is 0 Å². The third-order valence-electron chi connectivity index (χ3n) is 2.68. The van der Waals surface area contributed by atoms with E-state index in [-0.39, 0.29) is 11.8 Å². The van der Waals surface area contributed by atoms with E-state index in [0.717, 1.165) is 5.57 Å². The Morgan fingerprint density at radius 3 is 2.58 bits per heavy atom. The van der Waals surface area contributed by atoms with Crippen molar-refractivity contribution in [2.75, 3.05) is 14.1 Å². The quantitative estimate of drug-likeness (QED) is 0.779. The van der Waals surface area contributed by atoms with Gasteiger partial charge in [-0.1, -0.05) is 0 Å². The van der Waals surface area contributed by atoms with Crippen molar-refractivity contribution in [3.05, 3.63) is 11.8 Å². The van der Waals surface area contributed by atoms with Gasteiger partial charge in [0, 0.05) is 38.3 Å². The average molecular weight is 268 g/mol. The number of rotatable bonds is 2. The fourth-order valence-electron chi connectivity index (χ4n) is 1.98. The lowest BCUT2D eigenvalue weighted by atomic mass is 9.90. The molecule has 0 aromatic rings. The largest absolute Gasteiger partial charge is 0.444 e. The summed E-state index contributed by atoms with van der Waals surface area (Å²) >= 11 is 0. The molecule has 1 atom stereocenters. The van der Waals surface area contributed by atoms with Crippen LogP contribution in [0.3, 0.4) is 0 Å². The van der Waals surface area contributed by atoms with Crippen molar-refractivity contribution in [2.24, 2.45) is 0 Å². The smallest absolute Gasteiger partial charge is 0.407 e. The molecular weight excluding hydrogens is 244 g/mol. The molecule has 1 fully saturated rings. The number of hydrogen-bond donors (Lipinski definition) is 1. The fraction of sp³-hybridized carbons (Fsp3) is 0.714. The molecule has 0 spiro atoms. The minimum absolute atomic E-state index is 0.0289. The summed E-state index contributed by atoms with van der Waals surface area (Å²) in [6, 6.07) is -0.0289. The predicted octanol–water partition coefficient (Wildman–Crippen LogP) is 2.08. The van der Waals surface area contributed by atoms with Gasteiger partial charge >= 0.3 is 6.09 Å². The van der Waals surface area contributed by atoms with Crippen LogP contribution in [-0.2, 0) is 9.53 Å². The fourth-order valence-corrected chi connectivity index (χ4v) is 1.98. The second-order valence-electron chi connectivity index (χ2n) is 6.13. The van der Waals surface area contributed by atoms with Crippen molar-refractivity contribution in [3.63, 3.8) is 0 Å². The van der Waals surface area contributed by atoms with Crippen molar-refractivity contribution < 1.29 is 14.3 Å². The number of nitrogens with one attached hydrogen (secondary N) is 1. The van der Waals surface area contributed by atoms with E-state index in [1.54, 1.807) is 0 Å². The molecule has 0 saturated heterocycles. The maximum Gasteiger partial charge on any atom is 0.407 e. The van der Waals surface area contributed by atoms with Crippen LogP contribution in [0.5, 0.6) is 0 Å². The van der Waals surface area contributed by atoms with Gasteiger partial charge in [-0.15, -0.1) is 0 Å². The monoisotopic (exact) mass is 268 g/mol. The van der Waals surface area contributed by atoms with Gasteiger partial charge in [0.15, 0.2) is 5.78 Å². The van der Waals surface area contributed by atoms with Crippen LogP contribution in [0.1, 0.15) is 40.0 Å². The minimum Gasteiger partial charge on any atom is -0.444 e. The minimum atomic E-state index is -0.503. The number of nitrogens with zero attached hydrogens (tertiary/aromatic N) is 1. The first-order valence-electron chi connectivity index (χ1n) is 6.57. The van der Waals surface area contributed by atoms with Gasteiger partial charge in [0.1, 0.15) is 5.60 Å². The van der Waals surface area contributed by atoms with E-state index in [9.17, 15) is 9.59 Å². The molecule has 1 aliphatic rings. The molecule has 108 valence electrons. The van der Waals surface area contributed by atoms with Gasteiger partial charge < -0.3 is 15.0 Å². The van der Waals surface area contributed by atoms with Crippen LogP contribution in [-0.4, -0.2) is 42.5 Å². The number of alkyl carbamates (subject to hydrolysis) is 1. The molecular formula is C14H24N2O3. The molecule has 1 N–H and O–H groups in total. The number of hydrogen-bond acceptors (Lipinski definition) is 4. The van der Waals surface area contributed by atoms with Gasteiger partial charge in [-0.05, 0) is 33.6 Å². The Kier molecular flexibility index (Phi) is 4.97. The molecule has 1 saturated carbocycles. The topological polar surface area (TPSA) is 58.6 Å². The number of carbonyl (C=O) groups excluding carboxylic acids is 2. The highest BCUT2D eigenvalue weighted by molar-refractivity contribution is 5.96. The Hall–Kier alpha value is -1.52. The summed E-state index contributed by atoms with van der Waals surface area (Å²) in [4.78, 5) is 25.3. The highest BCUT2D eigenvalue weighted by atomic mass is 16.6. The zero-order chi connectivity index (χ0) is 14.6. The highest BCUT2D eigenvalue weighted by Gasteiger charge is 2.26. The maximum absolute atomic E-state index is 11.8. The predicted molar refractivity (Wildman–Crippen MR) is 73.8 cm³/mol. The lowest BCUT2D eigenvalue weighted by Crippen LogP contribution is -2.41. The molecule has 0 aromatic heterocycles. The van der Waals surface area contributed by atoms with E-state index in [2.05, 4.69) is 5.32 Å². The molecule has 0 aromatic carbocycles.